The molecule has 0 aliphatic carbocycles. The first-order valence-corrected chi connectivity index (χ1v) is 10.5. The molecule has 3 rings (SSSR count). The van der Waals surface area contributed by atoms with Crippen molar-refractivity contribution in [3.8, 4) is 5.75 Å². The van der Waals surface area contributed by atoms with Crippen LogP contribution in [0.3, 0.4) is 0 Å². The van der Waals surface area contributed by atoms with Crippen molar-refractivity contribution in [1.29, 1.82) is 0 Å². The van der Waals surface area contributed by atoms with Gasteiger partial charge in [0.2, 0.25) is 0 Å². The van der Waals surface area contributed by atoms with Crippen LogP contribution in [0.25, 0.3) is 11.0 Å². The average molecular weight is 437 g/mol. The number of nitrogens with one attached hydrogen (secondary N) is 1. The minimum atomic E-state index is -0.891. The van der Waals surface area contributed by atoms with Crippen LogP contribution in [0.15, 0.2) is 57.7 Å². The van der Waals surface area contributed by atoms with Crippen LogP contribution >= 0.6 is 0 Å². The quantitative estimate of drug-likeness (QED) is 0.328. The summed E-state index contributed by atoms with van der Waals surface area (Å²) >= 11 is 0. The molecule has 1 amide bonds. The molecule has 32 heavy (non-hydrogen) atoms. The Bertz CT molecular complexity index is 1170. The van der Waals surface area contributed by atoms with Crippen molar-refractivity contribution in [2.24, 2.45) is 5.92 Å². The van der Waals surface area contributed by atoms with Crippen LogP contribution in [0.5, 0.6) is 5.75 Å². The van der Waals surface area contributed by atoms with E-state index in [1.165, 1.54) is 6.07 Å². The van der Waals surface area contributed by atoms with Gasteiger partial charge in [0.1, 0.15) is 24.0 Å². The summed E-state index contributed by atoms with van der Waals surface area (Å²) in [7, 11) is 0. The number of hydrogen-bond donors (Lipinski definition) is 1. The van der Waals surface area contributed by atoms with Crippen LogP contribution in [0.1, 0.15) is 37.0 Å². The molecule has 0 aliphatic heterocycles. The third kappa shape index (κ3) is 5.75. The maximum Gasteiger partial charge on any atom is 0.408 e. The van der Waals surface area contributed by atoms with Crippen molar-refractivity contribution < 1.29 is 23.5 Å². The van der Waals surface area contributed by atoms with E-state index in [9.17, 15) is 14.4 Å². The topological polar surface area (TPSA) is 94.8 Å². The number of alkyl carbamates (subject to hydrolysis) is 1. The third-order valence-electron chi connectivity index (χ3n) is 5.03. The van der Waals surface area contributed by atoms with E-state index in [1.54, 1.807) is 19.1 Å². The molecule has 1 unspecified atom stereocenters. The molecule has 168 valence electrons. The molecule has 3 aromatic rings. The van der Waals surface area contributed by atoms with Crippen LogP contribution in [0.2, 0.25) is 0 Å². The van der Waals surface area contributed by atoms with Gasteiger partial charge in [0, 0.05) is 17.0 Å². The Hall–Kier alpha value is -3.61. The number of aryl methyl sites for hydroxylation is 2. The Balaban J connectivity index is 1.73. The van der Waals surface area contributed by atoms with Crippen molar-refractivity contribution in [3.05, 3.63) is 75.6 Å². The largest absolute Gasteiger partial charge is 0.445 e. The zero-order valence-electron chi connectivity index (χ0n) is 18.6. The second-order valence-electron chi connectivity index (χ2n) is 8.12. The first kappa shape index (κ1) is 23.1. The Morgan fingerprint density at radius 3 is 2.47 bits per heavy atom. The second-order valence-corrected chi connectivity index (χ2v) is 8.12. The highest BCUT2D eigenvalue weighted by molar-refractivity contribution is 5.87. The normalized spacial score (nSPS) is 11.9. The minimum Gasteiger partial charge on any atom is -0.445 e. The summed E-state index contributed by atoms with van der Waals surface area (Å²) in [5.74, 6) is -0.224. The standard InChI is InChI=1S/C25H27NO6/c1-15(2)12-20(26-25(29)30-14-18-8-6-5-7-9-18)24(28)31-21-11-10-19-16(3)13-22(27)32-23(19)17(21)4/h5-11,13,15,20H,12,14H2,1-4H3,(H,26,29). The number of amides is 1. The van der Waals surface area contributed by atoms with Crippen LogP contribution in [0.4, 0.5) is 4.79 Å². The first-order chi connectivity index (χ1) is 15.2. The molecule has 0 aliphatic rings. The highest BCUT2D eigenvalue weighted by Gasteiger charge is 2.26. The van der Waals surface area contributed by atoms with E-state index in [0.29, 0.717) is 17.6 Å². The number of carbonyl (C=O) groups is 2. The fraction of sp³-hybridized carbons (Fsp3) is 0.320. The van der Waals surface area contributed by atoms with Gasteiger partial charge >= 0.3 is 17.7 Å². The van der Waals surface area contributed by atoms with Gasteiger partial charge in [-0.1, -0.05) is 44.2 Å². The molecular formula is C25H27NO6. The van der Waals surface area contributed by atoms with E-state index in [2.05, 4.69) is 5.32 Å². The summed E-state index contributed by atoms with van der Waals surface area (Å²) < 4.78 is 16.2. The van der Waals surface area contributed by atoms with Crippen LogP contribution in [-0.4, -0.2) is 18.1 Å². The van der Waals surface area contributed by atoms with E-state index in [4.69, 9.17) is 13.9 Å². The van der Waals surface area contributed by atoms with Gasteiger partial charge < -0.3 is 19.2 Å². The van der Waals surface area contributed by atoms with Gasteiger partial charge in [0.25, 0.3) is 0 Å². The zero-order valence-corrected chi connectivity index (χ0v) is 18.6. The lowest BCUT2D eigenvalue weighted by Gasteiger charge is -2.20. The van der Waals surface area contributed by atoms with Crippen LogP contribution in [0, 0.1) is 19.8 Å². The van der Waals surface area contributed by atoms with Gasteiger partial charge in [-0.05, 0) is 49.4 Å². The van der Waals surface area contributed by atoms with Gasteiger partial charge in [0.15, 0.2) is 0 Å². The highest BCUT2D eigenvalue weighted by atomic mass is 16.6. The Labute approximate surface area is 186 Å². The Morgan fingerprint density at radius 1 is 1.06 bits per heavy atom. The van der Waals surface area contributed by atoms with E-state index in [0.717, 1.165) is 16.5 Å². The summed E-state index contributed by atoms with van der Waals surface area (Å²) in [6.07, 6.45) is -0.326. The van der Waals surface area contributed by atoms with Crippen molar-refractivity contribution in [2.45, 2.75) is 46.8 Å². The van der Waals surface area contributed by atoms with E-state index < -0.39 is 23.7 Å². The fourth-order valence-corrected chi connectivity index (χ4v) is 3.38. The summed E-state index contributed by atoms with van der Waals surface area (Å²) in [5.41, 5.74) is 2.05. The molecule has 0 bridgehead atoms. The van der Waals surface area contributed by atoms with Crippen molar-refractivity contribution in [3.63, 3.8) is 0 Å². The monoisotopic (exact) mass is 437 g/mol. The minimum absolute atomic E-state index is 0.0955. The predicted octanol–water partition coefficient (Wildman–Crippen LogP) is 4.66. The predicted molar refractivity (Wildman–Crippen MR) is 121 cm³/mol. The van der Waals surface area contributed by atoms with Crippen molar-refractivity contribution in [2.75, 3.05) is 0 Å². The summed E-state index contributed by atoms with van der Waals surface area (Å²) in [6.45, 7) is 7.50. The van der Waals surface area contributed by atoms with Gasteiger partial charge in [-0.3, -0.25) is 0 Å². The second kappa shape index (κ2) is 10.1. The number of esters is 1. The maximum atomic E-state index is 12.9. The fourth-order valence-electron chi connectivity index (χ4n) is 3.38. The summed E-state index contributed by atoms with van der Waals surface area (Å²) in [6, 6.07) is 13.2. The van der Waals surface area contributed by atoms with Gasteiger partial charge in [-0.25, -0.2) is 14.4 Å². The molecule has 0 fully saturated rings. The number of benzene rings is 2. The number of hydrogen-bond acceptors (Lipinski definition) is 6. The number of ether oxygens (including phenoxy) is 2. The molecule has 0 radical (unpaired) electrons. The third-order valence-corrected chi connectivity index (χ3v) is 5.03. The molecule has 1 heterocycles. The first-order valence-electron chi connectivity index (χ1n) is 10.5. The van der Waals surface area contributed by atoms with Gasteiger partial charge in [0.05, 0.1) is 0 Å². The highest BCUT2D eigenvalue weighted by Crippen LogP contribution is 2.28. The Kier molecular flexibility index (Phi) is 7.30. The average Bonchev–Trinajstić information content (AvgIpc) is 2.74. The molecule has 2 aromatic carbocycles. The summed E-state index contributed by atoms with van der Waals surface area (Å²) in [5, 5.41) is 3.37. The van der Waals surface area contributed by atoms with E-state index >= 15 is 0 Å². The number of rotatable bonds is 7. The lowest BCUT2D eigenvalue weighted by molar-refractivity contribution is -0.137. The van der Waals surface area contributed by atoms with E-state index in [1.807, 2.05) is 51.1 Å². The lowest BCUT2D eigenvalue weighted by Crippen LogP contribution is -2.44. The maximum absolute atomic E-state index is 12.9. The number of fused-ring (bicyclic) bond motifs is 1. The molecular weight excluding hydrogens is 410 g/mol. The molecule has 0 saturated heterocycles. The van der Waals surface area contributed by atoms with Crippen molar-refractivity contribution in [1.82, 2.24) is 5.32 Å². The molecule has 7 heteroatoms. The molecule has 1 aromatic heterocycles. The Morgan fingerprint density at radius 2 is 1.78 bits per heavy atom. The van der Waals surface area contributed by atoms with Crippen molar-refractivity contribution >= 4 is 23.0 Å². The van der Waals surface area contributed by atoms with Gasteiger partial charge in [-0.2, -0.15) is 0 Å². The zero-order chi connectivity index (χ0) is 23.3. The summed E-state index contributed by atoms with van der Waals surface area (Å²) in [4.78, 5) is 37.0. The smallest absolute Gasteiger partial charge is 0.408 e. The molecule has 0 spiro atoms. The van der Waals surface area contributed by atoms with Crippen LogP contribution in [-0.2, 0) is 16.1 Å². The molecule has 1 N–H and O–H groups in total. The SMILES string of the molecule is Cc1cc(=O)oc2c(C)c(OC(=O)C(CC(C)C)NC(=O)OCc3ccccc3)ccc12. The molecule has 7 nitrogen and oxygen atoms in total. The van der Waals surface area contributed by atoms with Crippen LogP contribution < -0.4 is 15.7 Å². The van der Waals surface area contributed by atoms with E-state index in [-0.39, 0.29) is 18.3 Å². The lowest BCUT2D eigenvalue weighted by atomic mass is 10.0. The van der Waals surface area contributed by atoms with Gasteiger partial charge in [-0.15, -0.1) is 0 Å². The molecule has 0 saturated carbocycles. The number of carbonyl (C=O) groups excluding carboxylic acids is 2. The molecule has 1 atom stereocenters.